The summed E-state index contributed by atoms with van der Waals surface area (Å²) in [6.45, 7) is 4.81. The lowest BCUT2D eigenvalue weighted by atomic mass is 10.1. The summed E-state index contributed by atoms with van der Waals surface area (Å²) in [7, 11) is -4.92. The molecule has 0 saturated carbocycles. The van der Waals surface area contributed by atoms with Crippen molar-refractivity contribution >= 4 is 27.0 Å². The van der Waals surface area contributed by atoms with Crippen molar-refractivity contribution in [2.24, 2.45) is 5.92 Å². The van der Waals surface area contributed by atoms with Crippen LogP contribution in [0.3, 0.4) is 0 Å². The molecular weight excluding hydrogens is 370 g/mol. The van der Waals surface area contributed by atoms with E-state index in [2.05, 4.69) is 24.3 Å². The van der Waals surface area contributed by atoms with Crippen LogP contribution in [0.1, 0.15) is 20.3 Å². The van der Waals surface area contributed by atoms with Crippen LogP contribution in [0.4, 0.5) is 26.0 Å². The summed E-state index contributed by atoms with van der Waals surface area (Å²) >= 11 is 0. The minimum atomic E-state index is -4.92. The van der Waals surface area contributed by atoms with E-state index in [4.69, 9.17) is 0 Å². The third-order valence-corrected chi connectivity index (χ3v) is 4.95. The van der Waals surface area contributed by atoms with Crippen molar-refractivity contribution in [2.75, 3.05) is 5.32 Å². The standard InChI is InChI=1S/C15H18F2N4O4S/c1-10(2)5-7-20-8-6-14(19-20)18-12-4-3-11(9-13(12)21(22)23)26(24,25)15(16)17/h3-4,6,8-10,15H,5,7H2,1-2H3,(H,18,19). The largest absolute Gasteiger partial charge is 0.341 e. The quantitative estimate of drug-likeness (QED) is 0.547. The Morgan fingerprint density at radius 2 is 2.00 bits per heavy atom. The van der Waals surface area contributed by atoms with Gasteiger partial charge in [0.1, 0.15) is 5.69 Å². The van der Waals surface area contributed by atoms with Crippen LogP contribution in [0.25, 0.3) is 0 Å². The number of nitrogens with one attached hydrogen (secondary N) is 1. The monoisotopic (exact) mass is 388 g/mol. The van der Waals surface area contributed by atoms with Crippen molar-refractivity contribution in [1.82, 2.24) is 9.78 Å². The third kappa shape index (κ3) is 4.54. The van der Waals surface area contributed by atoms with Crippen molar-refractivity contribution < 1.29 is 22.1 Å². The summed E-state index contributed by atoms with van der Waals surface area (Å²) in [6.07, 6.45) is 2.60. The Kier molecular flexibility index (Phi) is 5.90. The summed E-state index contributed by atoms with van der Waals surface area (Å²) in [4.78, 5) is 9.54. The Labute approximate surface area is 148 Å². The highest BCUT2D eigenvalue weighted by Crippen LogP contribution is 2.31. The number of aryl methyl sites for hydroxylation is 1. The van der Waals surface area contributed by atoms with Gasteiger partial charge in [-0.05, 0) is 24.5 Å². The Morgan fingerprint density at radius 1 is 1.31 bits per heavy atom. The fraction of sp³-hybridized carbons (Fsp3) is 0.400. The lowest BCUT2D eigenvalue weighted by Gasteiger charge is -2.08. The topological polar surface area (TPSA) is 107 Å². The van der Waals surface area contributed by atoms with E-state index in [1.165, 1.54) is 0 Å². The van der Waals surface area contributed by atoms with Crippen molar-refractivity contribution in [2.45, 2.75) is 37.5 Å². The van der Waals surface area contributed by atoms with E-state index in [-0.39, 0.29) is 5.69 Å². The first-order chi connectivity index (χ1) is 12.1. The number of rotatable bonds is 8. The molecule has 0 fully saturated rings. The van der Waals surface area contributed by atoms with Crippen molar-refractivity contribution in [3.63, 3.8) is 0 Å². The van der Waals surface area contributed by atoms with Gasteiger partial charge < -0.3 is 5.32 Å². The molecule has 142 valence electrons. The van der Waals surface area contributed by atoms with Gasteiger partial charge in [-0.1, -0.05) is 13.8 Å². The number of sulfone groups is 1. The normalized spacial score (nSPS) is 11.9. The number of nitrogens with zero attached hydrogens (tertiary/aromatic N) is 3. The predicted molar refractivity (Wildman–Crippen MR) is 91.3 cm³/mol. The van der Waals surface area contributed by atoms with Gasteiger partial charge in [-0.3, -0.25) is 14.8 Å². The summed E-state index contributed by atoms with van der Waals surface area (Å²) < 4.78 is 49.9. The molecule has 0 saturated heterocycles. The van der Waals surface area contributed by atoms with Gasteiger partial charge >= 0.3 is 5.76 Å². The molecule has 11 heteroatoms. The van der Waals surface area contributed by atoms with Gasteiger partial charge in [0.2, 0.25) is 9.84 Å². The fourth-order valence-electron chi connectivity index (χ4n) is 2.13. The van der Waals surface area contributed by atoms with Crippen LogP contribution in [0.5, 0.6) is 0 Å². The number of nitro benzene ring substituents is 1. The molecule has 0 atom stereocenters. The minimum absolute atomic E-state index is 0.0441. The maximum absolute atomic E-state index is 12.6. The first-order valence-electron chi connectivity index (χ1n) is 7.72. The highest BCUT2D eigenvalue weighted by atomic mass is 32.2. The highest BCUT2D eigenvalue weighted by Gasteiger charge is 2.29. The van der Waals surface area contributed by atoms with E-state index in [1.54, 1.807) is 16.9 Å². The van der Waals surface area contributed by atoms with Crippen molar-refractivity contribution in [3.05, 3.63) is 40.6 Å². The number of anilines is 2. The third-order valence-electron chi connectivity index (χ3n) is 3.57. The van der Waals surface area contributed by atoms with Crippen molar-refractivity contribution in [3.8, 4) is 0 Å². The highest BCUT2D eigenvalue weighted by molar-refractivity contribution is 7.91. The van der Waals surface area contributed by atoms with Crippen LogP contribution < -0.4 is 5.32 Å². The molecule has 8 nitrogen and oxygen atoms in total. The summed E-state index contributed by atoms with van der Waals surface area (Å²) in [5, 5.41) is 18.1. The number of aromatic nitrogens is 2. The van der Waals surface area contributed by atoms with Gasteiger partial charge in [0.25, 0.3) is 5.69 Å². The zero-order chi connectivity index (χ0) is 19.5. The number of nitro groups is 1. The molecule has 1 aromatic carbocycles. The van der Waals surface area contributed by atoms with E-state index >= 15 is 0 Å². The van der Waals surface area contributed by atoms with Crippen LogP contribution in [-0.4, -0.2) is 28.9 Å². The second-order valence-electron chi connectivity index (χ2n) is 6.01. The average Bonchev–Trinajstić information content (AvgIpc) is 3.00. The smallest absolute Gasteiger partial charge is 0.333 e. The maximum atomic E-state index is 12.6. The molecule has 0 amide bonds. The molecule has 0 aliphatic carbocycles. The Morgan fingerprint density at radius 3 is 2.58 bits per heavy atom. The Balaban J connectivity index is 2.28. The molecule has 0 aliphatic rings. The van der Waals surface area contributed by atoms with Crippen molar-refractivity contribution in [1.29, 1.82) is 0 Å². The van der Waals surface area contributed by atoms with E-state index < -0.39 is 31.1 Å². The van der Waals surface area contributed by atoms with E-state index in [9.17, 15) is 27.3 Å². The number of hydrogen-bond donors (Lipinski definition) is 1. The van der Waals surface area contributed by atoms with Gasteiger partial charge in [0.05, 0.1) is 9.82 Å². The molecule has 0 spiro atoms. The molecular formula is C15H18F2N4O4S. The molecule has 0 bridgehead atoms. The minimum Gasteiger partial charge on any atom is -0.333 e. The molecule has 2 rings (SSSR count). The maximum Gasteiger partial charge on any atom is 0.341 e. The van der Waals surface area contributed by atoms with Gasteiger partial charge in [-0.2, -0.15) is 13.9 Å². The van der Waals surface area contributed by atoms with Crippen LogP contribution in [0, 0.1) is 16.0 Å². The van der Waals surface area contributed by atoms with Crippen LogP contribution in [-0.2, 0) is 16.4 Å². The first kappa shape index (κ1) is 19.8. The average molecular weight is 388 g/mol. The zero-order valence-corrected chi connectivity index (χ0v) is 14.9. The molecule has 1 heterocycles. The fourth-order valence-corrected chi connectivity index (χ4v) is 2.87. The summed E-state index contributed by atoms with van der Waals surface area (Å²) in [5.41, 5.74) is -0.680. The second-order valence-corrected chi connectivity index (χ2v) is 7.93. The number of hydrogen-bond acceptors (Lipinski definition) is 6. The van der Waals surface area contributed by atoms with Gasteiger partial charge in [0.15, 0.2) is 5.82 Å². The molecule has 0 unspecified atom stereocenters. The molecule has 1 N–H and O–H groups in total. The molecule has 1 aromatic heterocycles. The van der Waals surface area contributed by atoms with Crippen LogP contribution in [0.15, 0.2) is 35.4 Å². The van der Waals surface area contributed by atoms with Crippen LogP contribution >= 0.6 is 0 Å². The summed E-state index contributed by atoms with van der Waals surface area (Å²) in [6, 6.07) is 4.18. The van der Waals surface area contributed by atoms with E-state index in [0.717, 1.165) is 18.6 Å². The van der Waals surface area contributed by atoms with Crippen LogP contribution in [0.2, 0.25) is 0 Å². The number of alkyl halides is 2. The van der Waals surface area contributed by atoms with Gasteiger partial charge in [0, 0.05) is 24.9 Å². The molecule has 0 aliphatic heterocycles. The van der Waals surface area contributed by atoms with E-state index in [0.29, 0.717) is 24.3 Å². The Bertz CT molecular complexity index is 897. The lowest BCUT2D eigenvalue weighted by molar-refractivity contribution is -0.384. The Hall–Kier alpha value is -2.56. The second kappa shape index (κ2) is 7.77. The van der Waals surface area contributed by atoms with Gasteiger partial charge in [-0.15, -0.1) is 0 Å². The van der Waals surface area contributed by atoms with E-state index in [1.807, 2.05) is 0 Å². The first-order valence-corrected chi connectivity index (χ1v) is 9.27. The van der Waals surface area contributed by atoms with Gasteiger partial charge in [-0.25, -0.2) is 8.42 Å². The predicted octanol–water partition coefficient (Wildman–Crippen LogP) is 3.58. The summed E-state index contributed by atoms with van der Waals surface area (Å²) in [5.74, 6) is -2.85. The number of benzene rings is 1. The zero-order valence-electron chi connectivity index (χ0n) is 14.1. The molecule has 2 aromatic rings. The lowest BCUT2D eigenvalue weighted by Crippen LogP contribution is -2.12. The molecule has 0 radical (unpaired) electrons. The number of halogens is 2. The molecule has 26 heavy (non-hydrogen) atoms. The SMILES string of the molecule is CC(C)CCn1ccc(Nc2ccc(S(=O)(=O)C(F)F)cc2[N+](=O)[O-])n1.